The third-order valence-electron chi connectivity index (χ3n) is 9.14. The standard InChI is InChI=1S/C36H18N2O/c1-5-13-25-19(9-1)23-17-28-33(32-21-11-3-7-15-27(21)37(25)35(23)32)34-31-22-12-4-8-16-29(22)39-30(31)18-24-20-10-2-6-14-26(20)38(28)36(24)34/h1-18H. The zero-order chi connectivity index (χ0) is 25.0. The number of aromatic nitrogens is 2. The molecule has 0 N–H and O–H groups in total. The molecule has 3 heteroatoms. The number of furan rings is 1. The van der Waals surface area contributed by atoms with Gasteiger partial charge in [0.05, 0.1) is 33.1 Å². The smallest absolute Gasteiger partial charge is 0.136 e. The normalized spacial score (nSPS) is 13.1. The summed E-state index contributed by atoms with van der Waals surface area (Å²) in [6.45, 7) is 0. The average Bonchev–Trinajstić information content (AvgIpc) is 3.76. The molecule has 0 saturated heterocycles. The molecule has 39 heavy (non-hydrogen) atoms. The molecule has 6 aromatic carbocycles. The van der Waals surface area contributed by atoms with Crippen molar-refractivity contribution in [2.45, 2.75) is 0 Å². The minimum Gasteiger partial charge on any atom is -0.456 e. The van der Waals surface area contributed by atoms with E-state index < -0.39 is 0 Å². The van der Waals surface area contributed by atoms with Gasteiger partial charge >= 0.3 is 0 Å². The first kappa shape index (κ1) is 18.9. The highest BCUT2D eigenvalue weighted by molar-refractivity contribution is 6.42. The van der Waals surface area contributed by atoms with Crippen molar-refractivity contribution in [1.29, 1.82) is 0 Å². The van der Waals surface area contributed by atoms with Crippen LogP contribution in [0.1, 0.15) is 0 Å². The fourth-order valence-electron chi connectivity index (χ4n) is 7.76. The van der Waals surface area contributed by atoms with Crippen molar-refractivity contribution in [2.75, 3.05) is 0 Å². The Morgan fingerprint density at radius 3 is 1.64 bits per heavy atom. The fourth-order valence-corrected chi connectivity index (χ4v) is 7.76. The lowest BCUT2D eigenvalue weighted by Crippen LogP contribution is -1.81. The molecule has 178 valence electrons. The van der Waals surface area contributed by atoms with Crippen LogP contribution in [-0.4, -0.2) is 8.80 Å². The predicted molar refractivity (Wildman–Crippen MR) is 163 cm³/mol. The van der Waals surface area contributed by atoms with Gasteiger partial charge in [-0.15, -0.1) is 0 Å². The van der Waals surface area contributed by atoms with Crippen molar-refractivity contribution in [3.63, 3.8) is 0 Å². The summed E-state index contributed by atoms with van der Waals surface area (Å²) in [5, 5.41) is 12.8. The van der Waals surface area contributed by atoms with Gasteiger partial charge in [0.15, 0.2) is 0 Å². The molecule has 0 aliphatic carbocycles. The maximum absolute atomic E-state index is 6.54. The second-order valence-corrected chi connectivity index (χ2v) is 10.9. The summed E-state index contributed by atoms with van der Waals surface area (Å²) in [7, 11) is 0. The van der Waals surface area contributed by atoms with Gasteiger partial charge in [-0.1, -0.05) is 72.8 Å². The third-order valence-corrected chi connectivity index (χ3v) is 9.14. The van der Waals surface area contributed by atoms with E-state index in [9.17, 15) is 0 Å². The average molecular weight is 495 g/mol. The van der Waals surface area contributed by atoms with Gasteiger partial charge in [-0.25, -0.2) is 0 Å². The lowest BCUT2D eigenvalue weighted by Gasteiger charge is -2.03. The summed E-state index contributed by atoms with van der Waals surface area (Å²) >= 11 is 0. The fraction of sp³-hybridized carbons (Fsp3) is 0. The van der Waals surface area contributed by atoms with E-state index in [1.807, 2.05) is 0 Å². The van der Waals surface area contributed by atoms with Gasteiger partial charge in [-0.05, 0) is 36.4 Å². The molecule has 0 amide bonds. The monoisotopic (exact) mass is 494 g/mol. The third kappa shape index (κ3) is 1.92. The lowest BCUT2D eigenvalue weighted by atomic mass is 9.98. The molecule has 0 radical (unpaired) electrons. The molecule has 0 spiro atoms. The van der Waals surface area contributed by atoms with Crippen LogP contribution in [-0.2, 0) is 0 Å². The highest BCUT2D eigenvalue weighted by Crippen LogP contribution is 2.51. The summed E-state index contributed by atoms with van der Waals surface area (Å²) in [6.07, 6.45) is 0. The summed E-state index contributed by atoms with van der Waals surface area (Å²) in [6, 6.07) is 39.7. The second kappa shape index (κ2) is 6.06. The highest BCUT2D eigenvalue weighted by atomic mass is 16.3. The van der Waals surface area contributed by atoms with E-state index in [1.165, 1.54) is 87.0 Å². The quantitative estimate of drug-likeness (QED) is 0.206. The van der Waals surface area contributed by atoms with E-state index in [4.69, 9.17) is 4.42 Å². The molecule has 5 heterocycles. The minimum atomic E-state index is 0.938. The molecule has 11 rings (SSSR count). The summed E-state index contributed by atoms with van der Waals surface area (Å²) in [5.74, 6) is 0. The van der Waals surface area contributed by atoms with Crippen LogP contribution < -0.4 is 0 Å². The molecule has 0 aliphatic heterocycles. The van der Waals surface area contributed by atoms with Crippen LogP contribution in [0.25, 0.3) is 98.1 Å². The van der Waals surface area contributed by atoms with E-state index in [0.29, 0.717) is 0 Å². The van der Waals surface area contributed by atoms with Crippen molar-refractivity contribution in [3.8, 4) is 0 Å². The van der Waals surface area contributed by atoms with Crippen molar-refractivity contribution in [2.24, 2.45) is 0 Å². The molecular formula is C36H18N2O. The van der Waals surface area contributed by atoms with Gasteiger partial charge in [-0.2, -0.15) is 0 Å². The Kier molecular flexibility index (Phi) is 2.93. The van der Waals surface area contributed by atoms with E-state index in [1.54, 1.807) is 0 Å². The Hall–Kier alpha value is -5.28. The number of fused-ring (bicyclic) bond motifs is 17. The van der Waals surface area contributed by atoms with E-state index in [-0.39, 0.29) is 0 Å². The van der Waals surface area contributed by atoms with E-state index >= 15 is 0 Å². The first-order valence-electron chi connectivity index (χ1n) is 13.5. The molecule has 0 unspecified atom stereocenters. The maximum atomic E-state index is 6.54. The molecular weight excluding hydrogens is 476 g/mol. The molecule has 0 saturated carbocycles. The van der Waals surface area contributed by atoms with Crippen LogP contribution in [0.5, 0.6) is 0 Å². The molecule has 0 aliphatic rings. The Morgan fingerprint density at radius 2 is 0.897 bits per heavy atom. The van der Waals surface area contributed by atoms with Crippen LogP contribution >= 0.6 is 0 Å². The Balaban J connectivity index is 1.61. The van der Waals surface area contributed by atoms with Crippen LogP contribution in [0.3, 0.4) is 0 Å². The van der Waals surface area contributed by atoms with Gasteiger partial charge in [0.2, 0.25) is 0 Å². The largest absolute Gasteiger partial charge is 0.456 e. The highest BCUT2D eigenvalue weighted by Gasteiger charge is 2.27. The molecule has 3 nitrogen and oxygen atoms in total. The predicted octanol–water partition coefficient (Wildman–Crippen LogP) is 9.89. The lowest BCUT2D eigenvalue weighted by molar-refractivity contribution is 0.669. The van der Waals surface area contributed by atoms with Crippen LogP contribution in [0, 0.1) is 0 Å². The van der Waals surface area contributed by atoms with Gasteiger partial charge < -0.3 is 13.2 Å². The molecule has 11 aromatic rings. The molecule has 0 fully saturated rings. The van der Waals surface area contributed by atoms with Crippen molar-refractivity contribution < 1.29 is 4.42 Å². The van der Waals surface area contributed by atoms with E-state index in [0.717, 1.165) is 11.2 Å². The van der Waals surface area contributed by atoms with Crippen LogP contribution in [0.2, 0.25) is 0 Å². The van der Waals surface area contributed by atoms with Crippen LogP contribution in [0.15, 0.2) is 114 Å². The molecule has 5 aromatic heterocycles. The first-order valence-corrected chi connectivity index (χ1v) is 13.5. The number of para-hydroxylation sites is 4. The number of hydrogen-bond acceptors (Lipinski definition) is 1. The molecule has 0 bridgehead atoms. The number of nitrogens with zero attached hydrogens (tertiary/aromatic N) is 2. The Labute approximate surface area is 220 Å². The van der Waals surface area contributed by atoms with Gasteiger partial charge in [0.25, 0.3) is 0 Å². The van der Waals surface area contributed by atoms with Crippen LogP contribution in [0.4, 0.5) is 0 Å². The second-order valence-electron chi connectivity index (χ2n) is 10.9. The maximum Gasteiger partial charge on any atom is 0.136 e. The van der Waals surface area contributed by atoms with Crippen molar-refractivity contribution in [1.82, 2.24) is 8.80 Å². The zero-order valence-corrected chi connectivity index (χ0v) is 20.7. The minimum absolute atomic E-state index is 0.938. The van der Waals surface area contributed by atoms with Crippen molar-refractivity contribution in [3.05, 3.63) is 109 Å². The number of rotatable bonds is 0. The first-order chi connectivity index (χ1) is 19.4. The van der Waals surface area contributed by atoms with E-state index in [2.05, 4.69) is 118 Å². The Bertz CT molecular complexity index is 2820. The van der Waals surface area contributed by atoms with Gasteiger partial charge in [-0.3, -0.25) is 0 Å². The van der Waals surface area contributed by atoms with Gasteiger partial charge in [0.1, 0.15) is 11.2 Å². The topological polar surface area (TPSA) is 22.0 Å². The zero-order valence-electron chi connectivity index (χ0n) is 20.7. The Morgan fingerprint density at radius 1 is 0.359 bits per heavy atom. The summed E-state index contributed by atoms with van der Waals surface area (Å²) in [4.78, 5) is 0. The number of benzene rings is 6. The summed E-state index contributed by atoms with van der Waals surface area (Å²) < 4.78 is 11.5. The van der Waals surface area contributed by atoms with Crippen molar-refractivity contribution >= 4 is 98.1 Å². The SMILES string of the molecule is c1ccc2c(c1)oc1cc3c4ccccc4n4c5cc6c7ccccc7n7c8ccccc8c(c5c(c12)c34)c67. The van der Waals surface area contributed by atoms with Gasteiger partial charge in [0, 0.05) is 53.9 Å². The molecule has 0 atom stereocenters. The summed E-state index contributed by atoms with van der Waals surface area (Å²) in [5.41, 5.74) is 9.51. The number of hydrogen-bond donors (Lipinski definition) is 0.